The van der Waals surface area contributed by atoms with Gasteiger partial charge in [0.15, 0.2) is 0 Å². The number of hydrogen-bond acceptors (Lipinski definition) is 6. The summed E-state index contributed by atoms with van der Waals surface area (Å²) in [5, 5.41) is 17.4. The molecule has 0 bridgehead atoms. The van der Waals surface area contributed by atoms with Crippen molar-refractivity contribution in [3.05, 3.63) is 58.6 Å². The molecular weight excluding hydrogens is 390 g/mol. The molecule has 3 aromatic rings. The number of ether oxygens (including phenoxy) is 1. The number of nitriles is 1. The lowest BCUT2D eigenvalue weighted by atomic mass is 10.2. The van der Waals surface area contributed by atoms with Gasteiger partial charge in [0, 0.05) is 10.2 Å². The average Bonchev–Trinajstić information content (AvgIpc) is 3.08. The van der Waals surface area contributed by atoms with E-state index >= 15 is 0 Å². The summed E-state index contributed by atoms with van der Waals surface area (Å²) in [4.78, 5) is 0. The molecule has 0 aliphatic rings. The van der Waals surface area contributed by atoms with Gasteiger partial charge in [0.05, 0.1) is 23.8 Å². The largest absolute Gasteiger partial charge is 0.493 e. The minimum Gasteiger partial charge on any atom is -0.493 e. The van der Waals surface area contributed by atoms with E-state index in [-0.39, 0.29) is 0 Å². The first-order chi connectivity index (χ1) is 11.8. The second-order valence-corrected chi connectivity index (χ2v) is 6.59. The SMILES string of the molecule is N#Cc1ccc(OCCSc2nnc(-c3ccccc3Br)o2)cc1. The monoisotopic (exact) mass is 401 g/mol. The molecule has 0 saturated carbocycles. The first-order valence-electron chi connectivity index (χ1n) is 7.10. The lowest BCUT2D eigenvalue weighted by Crippen LogP contribution is -1.99. The Balaban J connectivity index is 1.51. The molecule has 0 amide bonds. The Kier molecular flexibility index (Phi) is 5.51. The van der Waals surface area contributed by atoms with E-state index in [1.54, 1.807) is 24.3 Å². The van der Waals surface area contributed by atoms with Gasteiger partial charge in [-0.25, -0.2) is 0 Å². The van der Waals surface area contributed by atoms with Crippen LogP contribution in [0, 0.1) is 11.3 Å². The van der Waals surface area contributed by atoms with Gasteiger partial charge in [-0.1, -0.05) is 23.9 Å². The van der Waals surface area contributed by atoms with Crippen molar-refractivity contribution in [3.63, 3.8) is 0 Å². The summed E-state index contributed by atoms with van der Waals surface area (Å²) in [5.41, 5.74) is 1.48. The van der Waals surface area contributed by atoms with Crippen LogP contribution in [0.2, 0.25) is 0 Å². The quantitative estimate of drug-likeness (QED) is 0.445. The van der Waals surface area contributed by atoms with Crippen LogP contribution in [-0.2, 0) is 0 Å². The number of nitrogens with zero attached hydrogens (tertiary/aromatic N) is 3. The molecule has 5 nitrogen and oxygen atoms in total. The van der Waals surface area contributed by atoms with Crippen LogP contribution in [0.5, 0.6) is 5.75 Å². The maximum Gasteiger partial charge on any atom is 0.276 e. The molecule has 2 aromatic carbocycles. The highest BCUT2D eigenvalue weighted by Gasteiger charge is 2.11. The maximum absolute atomic E-state index is 8.75. The van der Waals surface area contributed by atoms with Crippen LogP contribution >= 0.6 is 27.7 Å². The molecule has 0 saturated heterocycles. The zero-order chi connectivity index (χ0) is 16.8. The highest BCUT2D eigenvalue weighted by Crippen LogP contribution is 2.28. The van der Waals surface area contributed by atoms with Crippen molar-refractivity contribution in [2.75, 3.05) is 12.4 Å². The van der Waals surface area contributed by atoms with E-state index in [4.69, 9.17) is 14.4 Å². The Morgan fingerprint density at radius 2 is 1.92 bits per heavy atom. The summed E-state index contributed by atoms with van der Waals surface area (Å²) < 4.78 is 12.2. The Hall–Kier alpha value is -2.30. The lowest BCUT2D eigenvalue weighted by molar-refractivity contribution is 0.343. The Morgan fingerprint density at radius 3 is 2.67 bits per heavy atom. The molecule has 0 N–H and O–H groups in total. The molecule has 0 unspecified atom stereocenters. The van der Waals surface area contributed by atoms with Gasteiger partial charge in [0.25, 0.3) is 5.22 Å². The second kappa shape index (κ2) is 7.99. The third kappa shape index (κ3) is 4.16. The molecule has 0 spiro atoms. The number of thioether (sulfide) groups is 1. The molecule has 0 radical (unpaired) electrons. The molecule has 3 rings (SSSR count). The summed E-state index contributed by atoms with van der Waals surface area (Å²) in [5.74, 6) is 1.89. The molecule has 1 heterocycles. The van der Waals surface area contributed by atoms with Crippen LogP contribution < -0.4 is 4.74 Å². The molecule has 0 atom stereocenters. The van der Waals surface area contributed by atoms with E-state index in [0.29, 0.717) is 29.0 Å². The topological polar surface area (TPSA) is 71.9 Å². The number of halogens is 1. The molecule has 24 heavy (non-hydrogen) atoms. The van der Waals surface area contributed by atoms with Gasteiger partial charge in [0.1, 0.15) is 5.75 Å². The third-order valence-electron chi connectivity index (χ3n) is 3.07. The molecule has 0 fully saturated rings. The van der Waals surface area contributed by atoms with E-state index in [0.717, 1.165) is 15.8 Å². The van der Waals surface area contributed by atoms with Gasteiger partial charge in [-0.2, -0.15) is 5.26 Å². The van der Waals surface area contributed by atoms with Crippen LogP contribution in [0.15, 0.2) is 62.6 Å². The highest BCUT2D eigenvalue weighted by atomic mass is 79.9. The first kappa shape index (κ1) is 16.6. The summed E-state index contributed by atoms with van der Waals surface area (Å²) in [6.07, 6.45) is 0. The summed E-state index contributed by atoms with van der Waals surface area (Å²) >= 11 is 4.90. The molecule has 7 heteroatoms. The standard InChI is InChI=1S/C17H12BrN3O2S/c18-15-4-2-1-3-14(15)16-20-21-17(23-16)24-10-9-22-13-7-5-12(11-19)6-8-13/h1-8H,9-10H2. The fourth-order valence-electron chi connectivity index (χ4n) is 1.93. The number of benzene rings is 2. The average molecular weight is 402 g/mol. The van der Waals surface area contributed by atoms with Crippen molar-refractivity contribution < 1.29 is 9.15 Å². The Bertz CT molecular complexity index is 859. The maximum atomic E-state index is 8.75. The van der Waals surface area contributed by atoms with Gasteiger partial charge in [-0.05, 0) is 52.3 Å². The van der Waals surface area contributed by atoms with E-state index in [1.807, 2.05) is 24.3 Å². The van der Waals surface area contributed by atoms with E-state index in [2.05, 4.69) is 32.2 Å². The van der Waals surface area contributed by atoms with Crippen molar-refractivity contribution in [1.82, 2.24) is 10.2 Å². The zero-order valence-electron chi connectivity index (χ0n) is 12.5. The van der Waals surface area contributed by atoms with Crippen LogP contribution in [0.4, 0.5) is 0 Å². The number of hydrogen-bond donors (Lipinski definition) is 0. The second-order valence-electron chi connectivity index (χ2n) is 4.69. The van der Waals surface area contributed by atoms with E-state index in [9.17, 15) is 0 Å². The van der Waals surface area contributed by atoms with Gasteiger partial charge in [-0.15, -0.1) is 10.2 Å². The van der Waals surface area contributed by atoms with Crippen LogP contribution in [0.3, 0.4) is 0 Å². The molecule has 1 aromatic heterocycles. The molecular formula is C17H12BrN3O2S. The fourth-order valence-corrected chi connectivity index (χ4v) is 2.96. The normalized spacial score (nSPS) is 10.3. The Labute approximate surface area is 151 Å². The fraction of sp³-hybridized carbons (Fsp3) is 0.118. The predicted molar refractivity (Wildman–Crippen MR) is 94.8 cm³/mol. The smallest absolute Gasteiger partial charge is 0.276 e. The van der Waals surface area contributed by atoms with Crippen LogP contribution in [0.1, 0.15) is 5.56 Å². The minimum absolute atomic E-state index is 0.484. The number of aromatic nitrogens is 2. The predicted octanol–water partition coefficient (Wildman–Crippen LogP) is 4.54. The highest BCUT2D eigenvalue weighted by molar-refractivity contribution is 9.10. The van der Waals surface area contributed by atoms with Gasteiger partial charge in [-0.3, -0.25) is 0 Å². The first-order valence-corrected chi connectivity index (χ1v) is 8.88. The summed E-state index contributed by atoms with van der Waals surface area (Å²) in [6, 6.07) is 16.8. The van der Waals surface area contributed by atoms with Gasteiger partial charge >= 0.3 is 0 Å². The van der Waals surface area contributed by atoms with Crippen molar-refractivity contribution in [2.45, 2.75) is 5.22 Å². The molecule has 0 aliphatic carbocycles. The summed E-state index contributed by atoms with van der Waals surface area (Å²) in [7, 11) is 0. The zero-order valence-corrected chi connectivity index (χ0v) is 14.9. The number of rotatable bonds is 6. The Morgan fingerprint density at radius 1 is 1.12 bits per heavy atom. The van der Waals surface area contributed by atoms with Gasteiger partial charge < -0.3 is 9.15 Å². The van der Waals surface area contributed by atoms with E-state index in [1.165, 1.54) is 11.8 Å². The van der Waals surface area contributed by atoms with Crippen molar-refractivity contribution in [1.29, 1.82) is 5.26 Å². The van der Waals surface area contributed by atoms with Crippen molar-refractivity contribution in [2.24, 2.45) is 0 Å². The lowest BCUT2D eigenvalue weighted by Gasteiger charge is -2.04. The third-order valence-corrected chi connectivity index (χ3v) is 4.55. The van der Waals surface area contributed by atoms with Crippen molar-refractivity contribution >= 4 is 27.7 Å². The van der Waals surface area contributed by atoms with Gasteiger partial charge in [0.2, 0.25) is 5.89 Å². The molecule has 0 aliphatic heterocycles. The van der Waals surface area contributed by atoms with Crippen LogP contribution in [-0.4, -0.2) is 22.6 Å². The molecule has 120 valence electrons. The van der Waals surface area contributed by atoms with Crippen molar-refractivity contribution in [3.8, 4) is 23.3 Å². The minimum atomic E-state index is 0.484. The van der Waals surface area contributed by atoms with E-state index < -0.39 is 0 Å². The summed E-state index contributed by atoms with van der Waals surface area (Å²) in [6.45, 7) is 0.503. The van der Waals surface area contributed by atoms with Crippen LogP contribution in [0.25, 0.3) is 11.5 Å².